The molecule has 15 nitrogen and oxygen atoms in total. The van der Waals surface area contributed by atoms with Gasteiger partial charge in [0.2, 0.25) is 27.7 Å². The SMILES string of the molecule is COc1cc2ccnc(O[C@@H]3C[C@H]4C(=O)N[C@]5(C(=O)NS(=O)(=O)C6CC6)C[C@H]5/C=C\CC[C@H](C)C[C@@H](C)[C@H](NC(=O)OC(C)(C)C)C(=O)N4C3)c2cc1OC. The van der Waals surface area contributed by atoms with Crippen LogP contribution in [0.3, 0.4) is 0 Å². The highest BCUT2D eigenvalue weighted by Gasteiger charge is 2.62. The lowest BCUT2D eigenvalue weighted by molar-refractivity contribution is -0.142. The van der Waals surface area contributed by atoms with Gasteiger partial charge in [0.05, 0.1) is 26.0 Å². The molecule has 3 N–H and O–H groups in total. The van der Waals surface area contributed by atoms with Crippen LogP contribution >= 0.6 is 0 Å². The van der Waals surface area contributed by atoms with E-state index in [1.807, 2.05) is 19.1 Å². The first kappa shape index (κ1) is 40.1. The molecule has 0 radical (unpaired) electrons. The zero-order valence-corrected chi connectivity index (χ0v) is 33.4. The van der Waals surface area contributed by atoms with E-state index in [9.17, 15) is 27.6 Å². The molecule has 2 saturated carbocycles. The highest BCUT2D eigenvalue weighted by molar-refractivity contribution is 7.91. The van der Waals surface area contributed by atoms with Crippen molar-refractivity contribution in [2.75, 3.05) is 20.8 Å². The molecule has 4 amide bonds. The number of pyridine rings is 1. The lowest BCUT2D eigenvalue weighted by Gasteiger charge is -2.33. The van der Waals surface area contributed by atoms with E-state index >= 15 is 0 Å². The Balaban J connectivity index is 1.36. The number of rotatable bonds is 8. The fourth-order valence-electron chi connectivity index (χ4n) is 7.66. The van der Waals surface area contributed by atoms with Gasteiger partial charge in [-0.3, -0.25) is 19.1 Å². The van der Waals surface area contributed by atoms with Crippen molar-refractivity contribution in [2.24, 2.45) is 17.8 Å². The molecular weight excluding hydrogens is 731 g/mol. The van der Waals surface area contributed by atoms with Gasteiger partial charge in [0.15, 0.2) is 11.5 Å². The van der Waals surface area contributed by atoms with Crippen molar-refractivity contribution in [1.29, 1.82) is 0 Å². The van der Waals surface area contributed by atoms with Crippen molar-refractivity contribution in [3.63, 3.8) is 0 Å². The largest absolute Gasteiger partial charge is 0.493 e. The van der Waals surface area contributed by atoms with Crippen LogP contribution in [0.4, 0.5) is 4.79 Å². The molecule has 16 heteroatoms. The molecule has 1 saturated heterocycles. The summed E-state index contributed by atoms with van der Waals surface area (Å²) in [6.07, 6.45) is 7.06. The number of hydrogen-bond acceptors (Lipinski definition) is 11. The normalized spacial score (nSPS) is 29.4. The molecule has 7 atom stereocenters. The average Bonchev–Trinajstić information content (AvgIpc) is 4.04. The van der Waals surface area contributed by atoms with Crippen molar-refractivity contribution in [1.82, 2.24) is 25.2 Å². The van der Waals surface area contributed by atoms with Gasteiger partial charge in [0, 0.05) is 23.9 Å². The smallest absolute Gasteiger partial charge is 0.408 e. The molecule has 6 rings (SSSR count). The monoisotopic (exact) mass is 783 g/mol. The summed E-state index contributed by atoms with van der Waals surface area (Å²) in [5, 5.41) is 6.43. The number of benzene rings is 1. The van der Waals surface area contributed by atoms with E-state index < -0.39 is 74.3 Å². The summed E-state index contributed by atoms with van der Waals surface area (Å²) in [4.78, 5) is 62.1. The Bertz CT molecular complexity index is 1960. The van der Waals surface area contributed by atoms with Crippen molar-refractivity contribution in [3.05, 3.63) is 36.5 Å². The van der Waals surface area contributed by atoms with Gasteiger partial charge in [-0.15, -0.1) is 0 Å². The highest BCUT2D eigenvalue weighted by Crippen LogP contribution is 2.46. The number of aromatic nitrogens is 1. The van der Waals surface area contributed by atoms with E-state index in [2.05, 4.69) is 27.3 Å². The van der Waals surface area contributed by atoms with Crippen molar-refractivity contribution in [3.8, 4) is 17.4 Å². The number of ether oxygens (including phenoxy) is 4. The summed E-state index contributed by atoms with van der Waals surface area (Å²) in [7, 11) is -0.852. The van der Waals surface area contributed by atoms with Crippen LogP contribution in [0.5, 0.6) is 17.4 Å². The number of fused-ring (bicyclic) bond motifs is 3. The number of nitrogens with zero attached hydrogens (tertiary/aromatic N) is 2. The van der Waals surface area contributed by atoms with E-state index in [0.29, 0.717) is 42.6 Å². The van der Waals surface area contributed by atoms with Gasteiger partial charge in [-0.1, -0.05) is 26.0 Å². The Hall–Kier alpha value is -4.60. The summed E-state index contributed by atoms with van der Waals surface area (Å²) in [6, 6.07) is 3.13. The van der Waals surface area contributed by atoms with Crippen LogP contribution < -0.4 is 29.6 Å². The highest BCUT2D eigenvalue weighted by atomic mass is 32.2. The quantitative estimate of drug-likeness (QED) is 0.328. The molecule has 0 unspecified atom stereocenters. The molecule has 1 aromatic heterocycles. The Morgan fingerprint density at radius 2 is 1.75 bits per heavy atom. The van der Waals surface area contributed by atoms with Gasteiger partial charge in [-0.2, -0.15) is 0 Å². The third-order valence-corrected chi connectivity index (χ3v) is 12.6. The summed E-state index contributed by atoms with van der Waals surface area (Å²) in [5.41, 5.74) is -2.35. The number of nitrogens with one attached hydrogen (secondary N) is 3. The maximum atomic E-state index is 14.8. The molecule has 2 aromatic rings. The van der Waals surface area contributed by atoms with Gasteiger partial charge in [-0.05, 0) is 94.7 Å². The number of carbonyl (C=O) groups is 4. The third-order valence-electron chi connectivity index (χ3n) is 10.8. The van der Waals surface area contributed by atoms with E-state index in [-0.39, 0.29) is 37.1 Å². The van der Waals surface area contributed by atoms with Gasteiger partial charge in [-0.25, -0.2) is 18.2 Å². The summed E-state index contributed by atoms with van der Waals surface area (Å²) < 4.78 is 51.0. The number of methoxy groups -OCH3 is 2. The van der Waals surface area contributed by atoms with Crippen LogP contribution in [0.1, 0.15) is 79.6 Å². The minimum atomic E-state index is -3.91. The lowest BCUT2D eigenvalue weighted by atomic mass is 9.88. The molecule has 0 spiro atoms. The fourth-order valence-corrected chi connectivity index (χ4v) is 9.02. The van der Waals surface area contributed by atoms with Crippen LogP contribution in [0.2, 0.25) is 0 Å². The summed E-state index contributed by atoms with van der Waals surface area (Å²) in [6.45, 7) is 9.10. The average molecular weight is 784 g/mol. The zero-order chi connectivity index (χ0) is 39.9. The fraction of sp³-hybridized carbons (Fsp3) is 0.615. The zero-order valence-electron chi connectivity index (χ0n) is 32.5. The molecule has 2 aliphatic heterocycles. The number of allylic oxidation sites excluding steroid dienone is 1. The molecule has 4 aliphatic rings. The van der Waals surface area contributed by atoms with Gasteiger partial charge < -0.3 is 34.5 Å². The number of carbonyl (C=O) groups excluding carboxylic acids is 4. The molecule has 0 bridgehead atoms. The predicted molar refractivity (Wildman–Crippen MR) is 203 cm³/mol. The number of hydrogen-bond donors (Lipinski definition) is 3. The second kappa shape index (κ2) is 15.5. The summed E-state index contributed by atoms with van der Waals surface area (Å²) in [5.74, 6) is -1.38. The number of sulfonamides is 1. The Kier molecular flexibility index (Phi) is 11.3. The minimum absolute atomic E-state index is 0.0193. The van der Waals surface area contributed by atoms with Gasteiger partial charge in [0.25, 0.3) is 5.91 Å². The number of amides is 4. The Morgan fingerprint density at radius 1 is 1.04 bits per heavy atom. The first-order valence-corrected chi connectivity index (χ1v) is 20.5. The van der Waals surface area contributed by atoms with E-state index in [0.717, 1.165) is 11.8 Å². The standard InChI is InChI=1S/C39H53N5O10S/c1-22-10-8-9-11-25-20-39(25,36(47)43-55(49,50)27-12-13-27)42-33(45)29-18-26(53-34-28-19-31(52-7)30(51-6)17-24(28)14-15-40-34)21-44(29)35(46)32(23(2)16-22)41-37(48)54-38(3,4)5/h9,11,14-15,17,19,22-23,25-27,29,32H,8,10,12-13,16,18,20-21H2,1-7H3,(H,41,48)(H,42,45)(H,43,47)/b11-9-/t22-,23+,25+,26+,29-,32-,39+/m0/s1. The second-order valence-electron chi connectivity index (χ2n) is 16.4. The van der Waals surface area contributed by atoms with Crippen LogP contribution in [0.15, 0.2) is 36.5 Å². The van der Waals surface area contributed by atoms with Gasteiger partial charge in [0.1, 0.15) is 29.3 Å². The topological polar surface area (TPSA) is 192 Å². The molecule has 2 aliphatic carbocycles. The van der Waals surface area contributed by atoms with Crippen molar-refractivity contribution < 1.29 is 46.5 Å². The van der Waals surface area contributed by atoms with Crippen LogP contribution in [-0.4, -0.2) is 97.5 Å². The molecular formula is C39H53N5O10S. The summed E-state index contributed by atoms with van der Waals surface area (Å²) >= 11 is 0. The van der Waals surface area contributed by atoms with E-state index in [4.69, 9.17) is 18.9 Å². The Labute approximate surface area is 322 Å². The first-order chi connectivity index (χ1) is 25.9. The molecule has 3 fully saturated rings. The maximum Gasteiger partial charge on any atom is 0.408 e. The molecule has 3 heterocycles. The van der Waals surface area contributed by atoms with Crippen LogP contribution in [-0.2, 0) is 29.1 Å². The van der Waals surface area contributed by atoms with Gasteiger partial charge >= 0.3 is 6.09 Å². The molecule has 55 heavy (non-hydrogen) atoms. The van der Waals surface area contributed by atoms with Crippen LogP contribution in [0.25, 0.3) is 10.8 Å². The van der Waals surface area contributed by atoms with E-state index in [1.54, 1.807) is 45.2 Å². The maximum absolute atomic E-state index is 14.8. The third kappa shape index (κ3) is 8.94. The lowest BCUT2D eigenvalue weighted by Crippen LogP contribution is -2.59. The van der Waals surface area contributed by atoms with Crippen molar-refractivity contribution >= 4 is 44.6 Å². The Morgan fingerprint density at radius 3 is 2.42 bits per heavy atom. The van der Waals surface area contributed by atoms with E-state index in [1.165, 1.54) is 19.1 Å². The molecule has 300 valence electrons. The van der Waals surface area contributed by atoms with Crippen molar-refractivity contribution in [2.45, 2.75) is 114 Å². The molecule has 1 aromatic carbocycles. The number of alkyl carbamates (subject to hydrolysis) is 1. The predicted octanol–water partition coefficient (Wildman–Crippen LogP) is 3.99. The minimum Gasteiger partial charge on any atom is -0.493 e. The van der Waals surface area contributed by atoms with Crippen LogP contribution in [0, 0.1) is 17.8 Å². The first-order valence-electron chi connectivity index (χ1n) is 19.0. The second-order valence-corrected chi connectivity index (χ2v) is 18.4.